The first kappa shape index (κ1) is 26.7. The van der Waals surface area contributed by atoms with Crippen LogP contribution in [0.4, 0.5) is 0 Å². The summed E-state index contributed by atoms with van der Waals surface area (Å²) in [4.78, 5) is 10.1. The number of benzene rings is 2. The summed E-state index contributed by atoms with van der Waals surface area (Å²) in [7, 11) is -4.00. The van der Waals surface area contributed by atoms with Crippen LogP contribution in [-0.2, 0) is 10.1 Å². The molecule has 4 N–H and O–H groups in total. The molecule has 0 aliphatic heterocycles. The number of hydrogen-bond acceptors (Lipinski definition) is 5. The average Bonchev–Trinajstić information content (AvgIpc) is 2.61. The molecule has 0 amide bonds. The van der Waals surface area contributed by atoms with Crippen molar-refractivity contribution in [3.05, 3.63) is 66.2 Å². The van der Waals surface area contributed by atoms with Crippen LogP contribution in [0.3, 0.4) is 0 Å². The molecule has 0 aliphatic carbocycles. The molecule has 0 spiro atoms. The predicted molar refractivity (Wildman–Crippen MR) is 111 cm³/mol. The van der Waals surface area contributed by atoms with Crippen molar-refractivity contribution in [3.8, 4) is 0 Å². The number of aliphatic hydroxyl groups is 2. The monoisotopic (exact) mass is 426 g/mol. The van der Waals surface area contributed by atoms with Gasteiger partial charge < -0.3 is 15.3 Å². The van der Waals surface area contributed by atoms with Crippen LogP contribution < -0.4 is 0 Å². The minimum Gasteiger partial charge on any atom is -0.478 e. The van der Waals surface area contributed by atoms with Gasteiger partial charge in [-0.1, -0.05) is 36.4 Å². The van der Waals surface area contributed by atoms with Gasteiger partial charge in [-0.15, -0.1) is 0 Å². The fourth-order valence-electron chi connectivity index (χ4n) is 1.78. The molecule has 0 aliphatic rings. The van der Waals surface area contributed by atoms with E-state index in [-0.39, 0.29) is 4.90 Å². The van der Waals surface area contributed by atoms with Crippen molar-refractivity contribution in [2.45, 2.75) is 56.6 Å². The van der Waals surface area contributed by atoms with Crippen LogP contribution in [0, 0.1) is 0 Å². The zero-order valence-corrected chi connectivity index (χ0v) is 17.9. The Balaban J connectivity index is 0.000000406. The summed E-state index contributed by atoms with van der Waals surface area (Å²) in [5.74, 6) is -0.879. The van der Waals surface area contributed by atoms with E-state index >= 15 is 0 Å². The molecular formula is C21H30O7S. The maximum absolute atomic E-state index is 10.4. The lowest BCUT2D eigenvalue weighted by Gasteiger charge is -2.23. The van der Waals surface area contributed by atoms with Crippen molar-refractivity contribution in [3.63, 3.8) is 0 Å². The molecule has 29 heavy (non-hydrogen) atoms. The van der Waals surface area contributed by atoms with E-state index in [0.29, 0.717) is 18.4 Å². The van der Waals surface area contributed by atoms with Gasteiger partial charge in [0.1, 0.15) is 0 Å². The van der Waals surface area contributed by atoms with Crippen molar-refractivity contribution in [2.24, 2.45) is 0 Å². The molecule has 0 radical (unpaired) electrons. The second-order valence-corrected chi connectivity index (χ2v) is 9.01. The summed E-state index contributed by atoms with van der Waals surface area (Å²) in [6.07, 6.45) is 1.27. The predicted octanol–water partition coefficient (Wildman–Crippen LogP) is 3.63. The molecule has 2 aromatic carbocycles. The van der Waals surface area contributed by atoms with Gasteiger partial charge in [0.05, 0.1) is 21.7 Å². The van der Waals surface area contributed by atoms with Crippen LogP contribution >= 0.6 is 0 Å². The summed E-state index contributed by atoms with van der Waals surface area (Å²) in [6.45, 7) is 7.00. The van der Waals surface area contributed by atoms with Gasteiger partial charge in [-0.05, 0) is 64.8 Å². The SMILES string of the molecule is CC(C)(O)CCC(C)(C)O.O=C(O)c1ccccc1.O=S(=O)(O)c1ccccc1. The van der Waals surface area contributed by atoms with Gasteiger partial charge in [-0.2, -0.15) is 8.42 Å². The standard InChI is InChI=1S/C8H18O2.C7H6O2.C6H6O3S/c1-7(2,9)5-6-8(3,4)10;8-7(9)6-4-2-1-3-5-6;7-10(8,9)6-4-2-1-3-5-6/h9-10H,5-6H2,1-4H3;1-5H,(H,8,9);1-5H,(H,7,8,9). The van der Waals surface area contributed by atoms with E-state index < -0.39 is 27.3 Å². The van der Waals surface area contributed by atoms with Crippen LogP contribution in [-0.4, -0.2) is 45.5 Å². The third-order valence-electron chi connectivity index (χ3n) is 3.41. The highest BCUT2D eigenvalue weighted by Gasteiger charge is 2.19. The molecule has 0 atom stereocenters. The largest absolute Gasteiger partial charge is 0.478 e. The number of carbonyl (C=O) groups is 1. The molecule has 0 heterocycles. The molecule has 7 nitrogen and oxygen atoms in total. The highest BCUT2D eigenvalue weighted by Crippen LogP contribution is 2.17. The lowest BCUT2D eigenvalue weighted by molar-refractivity contribution is 0.0169. The smallest absolute Gasteiger partial charge is 0.335 e. The Hall–Kier alpha value is -2.26. The highest BCUT2D eigenvalue weighted by molar-refractivity contribution is 7.85. The Morgan fingerprint density at radius 3 is 1.34 bits per heavy atom. The molecule has 0 aromatic heterocycles. The Morgan fingerprint density at radius 1 is 0.793 bits per heavy atom. The van der Waals surface area contributed by atoms with Crippen molar-refractivity contribution >= 4 is 16.1 Å². The third-order valence-corrected chi connectivity index (χ3v) is 4.28. The average molecular weight is 427 g/mol. The normalized spacial score (nSPS) is 11.4. The van der Waals surface area contributed by atoms with Gasteiger partial charge in [0.25, 0.3) is 10.1 Å². The minimum absolute atomic E-state index is 0.0741. The van der Waals surface area contributed by atoms with Crippen LogP contribution in [0.1, 0.15) is 50.9 Å². The van der Waals surface area contributed by atoms with Crippen LogP contribution in [0.2, 0.25) is 0 Å². The van der Waals surface area contributed by atoms with Gasteiger partial charge in [0.15, 0.2) is 0 Å². The first-order valence-corrected chi connectivity index (χ1v) is 10.3. The quantitative estimate of drug-likeness (QED) is 0.537. The van der Waals surface area contributed by atoms with E-state index in [0.717, 1.165) is 0 Å². The number of aromatic carboxylic acids is 1. The molecular weight excluding hydrogens is 396 g/mol. The topological polar surface area (TPSA) is 132 Å². The Morgan fingerprint density at radius 2 is 1.14 bits per heavy atom. The first-order chi connectivity index (χ1) is 13.1. The molecule has 0 bridgehead atoms. The van der Waals surface area contributed by atoms with Gasteiger partial charge in [0, 0.05) is 0 Å². The summed E-state index contributed by atoms with van der Waals surface area (Å²) in [5.41, 5.74) is -0.975. The second-order valence-electron chi connectivity index (χ2n) is 7.58. The fraction of sp³-hybridized carbons (Fsp3) is 0.381. The summed E-state index contributed by atoms with van der Waals surface area (Å²) < 4.78 is 29.2. The molecule has 8 heteroatoms. The molecule has 0 saturated carbocycles. The zero-order chi connectivity index (χ0) is 22.7. The van der Waals surface area contributed by atoms with E-state index in [1.54, 1.807) is 76.2 Å². The second kappa shape index (κ2) is 11.7. The van der Waals surface area contributed by atoms with Crippen molar-refractivity contribution < 1.29 is 33.1 Å². The third kappa shape index (κ3) is 15.4. The van der Waals surface area contributed by atoms with Gasteiger partial charge in [0.2, 0.25) is 0 Å². The van der Waals surface area contributed by atoms with Crippen LogP contribution in [0.15, 0.2) is 65.6 Å². The maximum atomic E-state index is 10.4. The number of carboxylic acid groups (broad SMARTS) is 1. The van der Waals surface area contributed by atoms with E-state index in [1.165, 1.54) is 12.1 Å². The molecule has 0 saturated heterocycles. The van der Waals surface area contributed by atoms with E-state index in [9.17, 15) is 23.4 Å². The van der Waals surface area contributed by atoms with Gasteiger partial charge >= 0.3 is 5.97 Å². The van der Waals surface area contributed by atoms with Crippen LogP contribution in [0.5, 0.6) is 0 Å². The zero-order valence-electron chi connectivity index (χ0n) is 17.1. The Labute approximate surface area is 172 Å². The van der Waals surface area contributed by atoms with E-state index in [2.05, 4.69) is 0 Å². The number of rotatable bonds is 5. The summed E-state index contributed by atoms with van der Waals surface area (Å²) in [6, 6.07) is 15.7. The van der Waals surface area contributed by atoms with Gasteiger partial charge in [-0.25, -0.2) is 4.79 Å². The molecule has 2 aromatic rings. The highest BCUT2D eigenvalue weighted by atomic mass is 32.2. The number of carboxylic acids is 1. The van der Waals surface area contributed by atoms with Crippen LogP contribution in [0.25, 0.3) is 0 Å². The van der Waals surface area contributed by atoms with E-state index in [4.69, 9.17) is 9.66 Å². The molecule has 0 unspecified atom stereocenters. The van der Waals surface area contributed by atoms with Crippen molar-refractivity contribution in [1.82, 2.24) is 0 Å². The Kier molecular flexibility index (Phi) is 10.8. The minimum atomic E-state index is -4.00. The molecule has 162 valence electrons. The Bertz CT molecular complexity index is 805. The molecule has 2 rings (SSSR count). The molecule has 0 fully saturated rings. The number of hydrogen-bond donors (Lipinski definition) is 4. The van der Waals surface area contributed by atoms with E-state index in [1.807, 2.05) is 0 Å². The van der Waals surface area contributed by atoms with Gasteiger partial charge in [-0.3, -0.25) is 4.55 Å². The summed E-state index contributed by atoms with van der Waals surface area (Å²) in [5, 5.41) is 26.9. The summed E-state index contributed by atoms with van der Waals surface area (Å²) >= 11 is 0. The fourth-order valence-corrected chi connectivity index (χ4v) is 2.29. The van der Waals surface area contributed by atoms with Crippen molar-refractivity contribution in [1.29, 1.82) is 0 Å². The first-order valence-electron chi connectivity index (χ1n) is 8.87. The lowest BCUT2D eigenvalue weighted by Crippen LogP contribution is -2.26. The van der Waals surface area contributed by atoms with Crippen molar-refractivity contribution in [2.75, 3.05) is 0 Å². The maximum Gasteiger partial charge on any atom is 0.335 e. The lowest BCUT2D eigenvalue weighted by atomic mass is 9.94.